The van der Waals surface area contributed by atoms with Crippen LogP contribution in [0.2, 0.25) is 0 Å². The first-order valence-electron chi connectivity index (χ1n) is 6.63. The maximum Gasteiger partial charge on any atom is 0.176 e. The normalized spacial score (nSPS) is 14.1. The second kappa shape index (κ2) is 6.87. The molecule has 0 aliphatic heterocycles. The van der Waals surface area contributed by atoms with Gasteiger partial charge in [-0.1, -0.05) is 0 Å². The lowest BCUT2D eigenvalue weighted by Crippen LogP contribution is -2.32. The van der Waals surface area contributed by atoms with Gasteiger partial charge in [-0.25, -0.2) is 0 Å². The van der Waals surface area contributed by atoms with Crippen LogP contribution in [0.4, 0.5) is 0 Å². The molecule has 2 rings (SSSR count). The van der Waals surface area contributed by atoms with Gasteiger partial charge < -0.3 is 4.74 Å². The highest BCUT2D eigenvalue weighted by atomic mass is 79.9. The number of ether oxygens (including phenoxy) is 1. The first-order chi connectivity index (χ1) is 9.65. The smallest absolute Gasteiger partial charge is 0.176 e. The van der Waals surface area contributed by atoms with Crippen molar-refractivity contribution in [3.63, 3.8) is 0 Å². The molecule has 1 fully saturated rings. The number of carbonyl (C=O) groups excluding carboxylic acids is 1. The average Bonchev–Trinajstić information content (AvgIpc) is 3.27. The van der Waals surface area contributed by atoms with Gasteiger partial charge in [-0.2, -0.15) is 5.26 Å². The molecule has 0 saturated heterocycles. The number of halogens is 1. The highest BCUT2D eigenvalue weighted by Crippen LogP contribution is 2.28. The summed E-state index contributed by atoms with van der Waals surface area (Å²) in [5.41, 5.74) is 0.667. The fraction of sp³-hybridized carbons (Fsp3) is 0.467. The zero-order valence-electron chi connectivity index (χ0n) is 11.4. The lowest BCUT2D eigenvalue weighted by Gasteiger charge is -2.19. The second-order valence-electron chi connectivity index (χ2n) is 4.88. The van der Waals surface area contributed by atoms with E-state index in [2.05, 4.69) is 26.9 Å². The van der Waals surface area contributed by atoms with Gasteiger partial charge in [0.15, 0.2) is 5.78 Å². The van der Waals surface area contributed by atoms with Crippen molar-refractivity contribution in [2.24, 2.45) is 0 Å². The van der Waals surface area contributed by atoms with Crippen molar-refractivity contribution >= 4 is 21.7 Å². The molecule has 5 heteroatoms. The predicted octanol–water partition coefficient (Wildman–Crippen LogP) is 3.02. The van der Waals surface area contributed by atoms with E-state index in [1.54, 1.807) is 25.3 Å². The van der Waals surface area contributed by atoms with E-state index in [4.69, 9.17) is 10.00 Å². The minimum Gasteiger partial charge on any atom is -0.496 e. The molecule has 0 spiro atoms. The highest BCUT2D eigenvalue weighted by Gasteiger charge is 2.30. The van der Waals surface area contributed by atoms with Crippen molar-refractivity contribution in [3.8, 4) is 11.8 Å². The summed E-state index contributed by atoms with van der Waals surface area (Å²) in [5.74, 6) is 0.795. The van der Waals surface area contributed by atoms with Gasteiger partial charge >= 0.3 is 0 Å². The number of hydrogen-bond acceptors (Lipinski definition) is 4. The van der Waals surface area contributed by atoms with Crippen molar-refractivity contribution in [3.05, 3.63) is 28.2 Å². The van der Waals surface area contributed by atoms with E-state index in [-0.39, 0.29) is 5.78 Å². The Morgan fingerprint density at radius 2 is 2.30 bits per heavy atom. The summed E-state index contributed by atoms with van der Waals surface area (Å²) in [6.45, 7) is 1.05. The number of Topliss-reactive ketones (excluding diaryl/α,β-unsaturated/α-hetero) is 1. The second-order valence-corrected chi connectivity index (χ2v) is 5.74. The molecule has 0 bridgehead atoms. The van der Waals surface area contributed by atoms with Crippen LogP contribution in [0, 0.1) is 11.3 Å². The van der Waals surface area contributed by atoms with Crippen LogP contribution in [0.25, 0.3) is 0 Å². The number of benzene rings is 1. The van der Waals surface area contributed by atoms with Crippen molar-refractivity contribution in [2.75, 3.05) is 20.2 Å². The molecule has 0 N–H and O–H groups in total. The summed E-state index contributed by atoms with van der Waals surface area (Å²) in [6, 6.07) is 7.97. The van der Waals surface area contributed by atoms with Gasteiger partial charge in [-0.15, -0.1) is 0 Å². The Labute approximate surface area is 127 Å². The van der Waals surface area contributed by atoms with Crippen LogP contribution in [0.1, 0.15) is 29.6 Å². The number of methoxy groups -OCH3 is 1. The van der Waals surface area contributed by atoms with Crippen molar-refractivity contribution < 1.29 is 9.53 Å². The van der Waals surface area contributed by atoms with Crippen LogP contribution in [-0.4, -0.2) is 36.9 Å². The van der Waals surface area contributed by atoms with Gasteiger partial charge in [0, 0.05) is 24.6 Å². The van der Waals surface area contributed by atoms with Crippen molar-refractivity contribution in [2.45, 2.75) is 25.3 Å². The number of ketones is 1. The summed E-state index contributed by atoms with van der Waals surface area (Å²) >= 11 is 3.39. The summed E-state index contributed by atoms with van der Waals surface area (Å²) in [4.78, 5) is 14.4. The summed E-state index contributed by atoms with van der Waals surface area (Å²) in [6.07, 6.45) is 2.73. The van der Waals surface area contributed by atoms with Gasteiger partial charge in [-0.3, -0.25) is 9.69 Å². The molecule has 1 aliphatic rings. The minimum absolute atomic E-state index is 0.0817. The third-order valence-corrected chi connectivity index (χ3v) is 4.01. The first kappa shape index (κ1) is 15.0. The monoisotopic (exact) mass is 336 g/mol. The Morgan fingerprint density at radius 1 is 1.55 bits per heavy atom. The number of nitrogens with zero attached hydrogens (tertiary/aromatic N) is 2. The highest BCUT2D eigenvalue weighted by molar-refractivity contribution is 9.10. The molecule has 20 heavy (non-hydrogen) atoms. The number of nitriles is 1. The molecule has 0 amide bonds. The van der Waals surface area contributed by atoms with E-state index in [9.17, 15) is 4.79 Å². The molecule has 4 nitrogen and oxygen atoms in total. The van der Waals surface area contributed by atoms with Crippen LogP contribution in [-0.2, 0) is 0 Å². The van der Waals surface area contributed by atoms with Crippen LogP contribution in [0.15, 0.2) is 22.7 Å². The van der Waals surface area contributed by atoms with E-state index in [1.165, 1.54) is 0 Å². The molecule has 106 valence electrons. The molecule has 1 aromatic rings. The Bertz CT molecular complexity index is 535. The SMILES string of the molecule is COc1ccc(C(=O)CN(CCC#N)C2CC2)cc1Br. The third-order valence-electron chi connectivity index (χ3n) is 3.39. The average molecular weight is 337 g/mol. The van der Waals surface area contributed by atoms with Gasteiger partial charge in [0.05, 0.1) is 24.2 Å². The van der Waals surface area contributed by atoms with Gasteiger partial charge in [0.1, 0.15) is 5.75 Å². The molecule has 0 unspecified atom stereocenters. The lowest BCUT2D eigenvalue weighted by atomic mass is 10.1. The number of rotatable bonds is 7. The molecular weight excluding hydrogens is 320 g/mol. The fourth-order valence-corrected chi connectivity index (χ4v) is 2.68. The largest absolute Gasteiger partial charge is 0.496 e. The first-order valence-corrected chi connectivity index (χ1v) is 7.42. The van der Waals surface area contributed by atoms with Gasteiger partial charge in [-0.05, 0) is 47.0 Å². The number of carbonyl (C=O) groups is 1. The molecule has 0 atom stereocenters. The standard InChI is InChI=1S/C15H17BrN2O2/c1-20-15-6-3-11(9-13(15)16)14(19)10-18(8-2-7-17)12-4-5-12/h3,6,9,12H,2,4-5,8,10H2,1H3. The van der Waals surface area contributed by atoms with Crippen LogP contribution in [0.3, 0.4) is 0 Å². The number of hydrogen-bond donors (Lipinski definition) is 0. The molecule has 1 aliphatic carbocycles. The molecule has 0 heterocycles. The molecule has 0 radical (unpaired) electrons. The van der Waals surface area contributed by atoms with E-state index < -0.39 is 0 Å². The Balaban J connectivity index is 2.02. The van der Waals surface area contributed by atoms with E-state index >= 15 is 0 Å². The Kier molecular flexibility index (Phi) is 5.16. The maximum atomic E-state index is 12.3. The summed E-state index contributed by atoms with van der Waals surface area (Å²) < 4.78 is 5.94. The quantitative estimate of drug-likeness (QED) is 0.718. The Hall–Kier alpha value is -1.38. The molecule has 1 saturated carbocycles. The zero-order chi connectivity index (χ0) is 14.5. The van der Waals surface area contributed by atoms with Crippen molar-refractivity contribution in [1.82, 2.24) is 4.90 Å². The van der Waals surface area contributed by atoms with Crippen molar-refractivity contribution in [1.29, 1.82) is 5.26 Å². The predicted molar refractivity (Wildman–Crippen MR) is 79.8 cm³/mol. The third kappa shape index (κ3) is 3.81. The van der Waals surface area contributed by atoms with Gasteiger partial charge in [0.25, 0.3) is 0 Å². The Morgan fingerprint density at radius 3 is 2.85 bits per heavy atom. The summed E-state index contributed by atoms with van der Waals surface area (Å²) in [7, 11) is 1.60. The molecule has 0 aromatic heterocycles. The van der Waals surface area contributed by atoms with Crippen LogP contribution < -0.4 is 4.74 Å². The van der Waals surface area contributed by atoms with E-state index in [0.717, 1.165) is 17.3 Å². The van der Waals surface area contributed by atoms with E-state index in [1.807, 2.05) is 0 Å². The van der Waals surface area contributed by atoms with Crippen LogP contribution in [0.5, 0.6) is 5.75 Å². The zero-order valence-corrected chi connectivity index (χ0v) is 13.0. The maximum absolute atomic E-state index is 12.3. The van der Waals surface area contributed by atoms with Gasteiger partial charge in [0.2, 0.25) is 0 Å². The summed E-state index contributed by atoms with van der Waals surface area (Å²) in [5, 5.41) is 8.68. The fourth-order valence-electron chi connectivity index (χ4n) is 2.14. The molecular formula is C15H17BrN2O2. The van der Waals surface area contributed by atoms with Crippen LogP contribution >= 0.6 is 15.9 Å². The molecule has 1 aromatic carbocycles. The topological polar surface area (TPSA) is 53.3 Å². The minimum atomic E-state index is 0.0817. The lowest BCUT2D eigenvalue weighted by molar-refractivity contribution is 0.0926. The van der Waals surface area contributed by atoms with E-state index in [0.29, 0.717) is 36.9 Å².